The lowest BCUT2D eigenvalue weighted by atomic mass is 9.94. The topological polar surface area (TPSA) is 56.7 Å². The Morgan fingerprint density at radius 1 is 0.345 bits per heavy atom. The third-order valence-corrected chi connectivity index (χ3v) is 11.4. The summed E-state index contributed by atoms with van der Waals surface area (Å²) in [6, 6.07) is 68.2. The summed E-state index contributed by atoms with van der Waals surface area (Å²) >= 11 is 0. The van der Waals surface area contributed by atoms with E-state index in [1.54, 1.807) is 0 Å². The smallest absolute Gasteiger partial charge is 0.238 e. The van der Waals surface area contributed by atoms with Gasteiger partial charge in [-0.2, -0.15) is 9.97 Å². The lowest BCUT2D eigenvalue weighted by Crippen LogP contribution is -2.06. The molecule has 58 heavy (non-hydrogen) atoms. The third kappa shape index (κ3) is 5.14. The van der Waals surface area contributed by atoms with Crippen LogP contribution in [0.4, 0.5) is 0 Å². The van der Waals surface area contributed by atoms with Crippen molar-refractivity contribution < 1.29 is 4.42 Å². The molecule has 0 fully saturated rings. The summed E-state index contributed by atoms with van der Waals surface area (Å²) in [5, 5.41) is 9.34. The molecule has 270 valence electrons. The van der Waals surface area contributed by atoms with Gasteiger partial charge in [-0.1, -0.05) is 152 Å². The maximum atomic E-state index is 6.49. The van der Waals surface area contributed by atoms with E-state index in [2.05, 4.69) is 138 Å². The lowest BCUT2D eigenvalue weighted by Gasteiger charge is -2.13. The normalized spacial score (nSPS) is 11.8. The second kappa shape index (κ2) is 12.8. The van der Waals surface area contributed by atoms with Crippen molar-refractivity contribution in [2.24, 2.45) is 0 Å². The zero-order valence-corrected chi connectivity index (χ0v) is 31.2. The molecule has 0 saturated carbocycles. The Balaban J connectivity index is 1.07. The van der Waals surface area contributed by atoms with Crippen molar-refractivity contribution >= 4 is 65.3 Å². The molecule has 5 heteroatoms. The number of furan rings is 1. The van der Waals surface area contributed by atoms with Crippen molar-refractivity contribution in [1.82, 2.24) is 19.5 Å². The Kier molecular flexibility index (Phi) is 7.16. The zero-order chi connectivity index (χ0) is 38.2. The Morgan fingerprint density at radius 2 is 0.897 bits per heavy atom. The highest BCUT2D eigenvalue weighted by Crippen LogP contribution is 2.41. The number of fused-ring (bicyclic) bond motifs is 8. The fraction of sp³-hybridized carbons (Fsp3) is 0. The minimum Gasteiger partial charge on any atom is -0.456 e. The van der Waals surface area contributed by atoms with Gasteiger partial charge in [-0.3, -0.25) is 4.57 Å². The van der Waals surface area contributed by atoms with Crippen LogP contribution in [0.5, 0.6) is 0 Å². The predicted molar refractivity (Wildman–Crippen MR) is 238 cm³/mol. The van der Waals surface area contributed by atoms with Crippen molar-refractivity contribution in [3.8, 4) is 51.0 Å². The lowest BCUT2D eigenvalue weighted by molar-refractivity contribution is 0.669. The first kappa shape index (κ1) is 32.4. The fourth-order valence-electron chi connectivity index (χ4n) is 8.69. The zero-order valence-electron chi connectivity index (χ0n) is 31.2. The first-order chi connectivity index (χ1) is 28.7. The van der Waals surface area contributed by atoms with Crippen LogP contribution in [0.2, 0.25) is 0 Å². The van der Waals surface area contributed by atoms with E-state index in [1.807, 2.05) is 60.7 Å². The van der Waals surface area contributed by atoms with Crippen molar-refractivity contribution in [3.63, 3.8) is 0 Å². The summed E-state index contributed by atoms with van der Waals surface area (Å²) in [5.74, 6) is 1.80. The highest BCUT2D eigenvalue weighted by Gasteiger charge is 2.21. The molecule has 9 aromatic carbocycles. The molecule has 0 aliphatic carbocycles. The number of para-hydroxylation sites is 2. The third-order valence-electron chi connectivity index (χ3n) is 11.4. The van der Waals surface area contributed by atoms with E-state index >= 15 is 0 Å². The molecule has 0 N–H and O–H groups in total. The van der Waals surface area contributed by atoms with E-state index in [-0.39, 0.29) is 0 Å². The molecule has 0 aliphatic heterocycles. The summed E-state index contributed by atoms with van der Waals surface area (Å²) < 4.78 is 8.70. The maximum absolute atomic E-state index is 6.49. The summed E-state index contributed by atoms with van der Waals surface area (Å²) in [5.41, 5.74) is 10.1. The molecule has 12 aromatic rings. The molecule has 12 rings (SSSR count). The maximum Gasteiger partial charge on any atom is 0.238 e. The highest BCUT2D eigenvalue weighted by atomic mass is 16.3. The van der Waals surface area contributed by atoms with Gasteiger partial charge in [0.15, 0.2) is 11.6 Å². The van der Waals surface area contributed by atoms with Gasteiger partial charge >= 0.3 is 0 Å². The van der Waals surface area contributed by atoms with Crippen LogP contribution in [0, 0.1) is 0 Å². The van der Waals surface area contributed by atoms with Crippen LogP contribution < -0.4 is 0 Å². The van der Waals surface area contributed by atoms with Crippen molar-refractivity contribution in [2.75, 3.05) is 0 Å². The van der Waals surface area contributed by atoms with Crippen molar-refractivity contribution in [2.45, 2.75) is 0 Å². The van der Waals surface area contributed by atoms with Gasteiger partial charge in [-0.05, 0) is 80.7 Å². The molecule has 0 bridgehead atoms. The average Bonchev–Trinajstić information content (AvgIpc) is 3.84. The first-order valence-electron chi connectivity index (χ1n) is 19.5. The highest BCUT2D eigenvalue weighted by molar-refractivity contribution is 6.15. The first-order valence-corrected chi connectivity index (χ1v) is 19.5. The molecule has 0 atom stereocenters. The van der Waals surface area contributed by atoms with E-state index < -0.39 is 0 Å². The van der Waals surface area contributed by atoms with Crippen LogP contribution in [0.25, 0.3) is 116 Å². The predicted octanol–water partition coefficient (Wildman–Crippen LogP) is 13.8. The molecule has 0 amide bonds. The average molecular weight is 741 g/mol. The van der Waals surface area contributed by atoms with Gasteiger partial charge in [-0.15, -0.1) is 0 Å². The number of nitrogens with zero attached hydrogens (tertiary/aromatic N) is 4. The molecule has 0 radical (unpaired) electrons. The van der Waals surface area contributed by atoms with Gasteiger partial charge in [0.25, 0.3) is 0 Å². The standard InChI is InChI=1S/C53H32N4O/c1-3-13-33(14-4-1)51-54-52(34-15-5-2-6-16-34)56-53(55-51)57-47-24-10-9-20-42(47)43-23-12-22-41(50(43)57)39-26-28-49-46(32-39)45-31-38(25-27-48(45)58-49)40-21-11-19-37-29-35-17-7-8-18-36(35)30-44(37)40/h1-32H. The molecular formula is C53H32N4O. The van der Waals surface area contributed by atoms with E-state index in [0.29, 0.717) is 17.6 Å². The molecule has 5 nitrogen and oxygen atoms in total. The molecule has 3 heterocycles. The van der Waals surface area contributed by atoms with Crippen LogP contribution in [0.15, 0.2) is 199 Å². The Labute approximate surface area is 333 Å². The van der Waals surface area contributed by atoms with Crippen LogP contribution in [0.3, 0.4) is 0 Å². The van der Waals surface area contributed by atoms with Crippen LogP contribution in [0.1, 0.15) is 0 Å². The molecule has 0 spiro atoms. The van der Waals surface area contributed by atoms with E-state index in [1.165, 1.54) is 27.1 Å². The summed E-state index contributed by atoms with van der Waals surface area (Å²) in [7, 11) is 0. The second-order valence-corrected chi connectivity index (χ2v) is 14.8. The van der Waals surface area contributed by atoms with Crippen LogP contribution >= 0.6 is 0 Å². The molecule has 0 aliphatic rings. The molecule has 0 saturated heterocycles. The molecule has 0 unspecified atom stereocenters. The van der Waals surface area contributed by atoms with Gasteiger partial charge in [-0.25, -0.2) is 4.98 Å². The van der Waals surface area contributed by atoms with Crippen molar-refractivity contribution in [1.29, 1.82) is 0 Å². The van der Waals surface area contributed by atoms with Crippen LogP contribution in [-0.4, -0.2) is 19.5 Å². The minimum absolute atomic E-state index is 0.564. The Bertz CT molecular complexity index is 3510. The largest absolute Gasteiger partial charge is 0.456 e. The fourth-order valence-corrected chi connectivity index (χ4v) is 8.69. The minimum atomic E-state index is 0.564. The van der Waals surface area contributed by atoms with Crippen LogP contribution in [-0.2, 0) is 0 Å². The van der Waals surface area contributed by atoms with E-state index in [0.717, 1.165) is 71.6 Å². The van der Waals surface area contributed by atoms with E-state index in [4.69, 9.17) is 19.4 Å². The number of hydrogen-bond acceptors (Lipinski definition) is 4. The van der Waals surface area contributed by atoms with Gasteiger partial charge in [0.1, 0.15) is 11.2 Å². The number of benzene rings is 9. The summed E-state index contributed by atoms with van der Waals surface area (Å²) in [4.78, 5) is 15.4. The molecular weight excluding hydrogens is 709 g/mol. The summed E-state index contributed by atoms with van der Waals surface area (Å²) in [6.07, 6.45) is 0. The monoisotopic (exact) mass is 740 g/mol. The Morgan fingerprint density at radius 3 is 1.60 bits per heavy atom. The number of hydrogen-bond donors (Lipinski definition) is 0. The second-order valence-electron chi connectivity index (χ2n) is 14.8. The van der Waals surface area contributed by atoms with E-state index in [9.17, 15) is 0 Å². The summed E-state index contributed by atoms with van der Waals surface area (Å²) in [6.45, 7) is 0. The Hall–Kier alpha value is -7.89. The van der Waals surface area contributed by atoms with Gasteiger partial charge < -0.3 is 4.42 Å². The number of rotatable bonds is 5. The number of aromatic nitrogens is 4. The van der Waals surface area contributed by atoms with Gasteiger partial charge in [0.2, 0.25) is 5.95 Å². The van der Waals surface area contributed by atoms with Gasteiger partial charge in [0, 0.05) is 38.2 Å². The quantitative estimate of drug-likeness (QED) is 0.165. The SMILES string of the molecule is c1ccc(-c2nc(-c3ccccc3)nc(-n3c4ccccc4c4cccc(-c5ccc6oc7ccc(-c8cccc9cc%10ccccc%10cc89)cc7c6c5)c43)n2)cc1. The van der Waals surface area contributed by atoms with Gasteiger partial charge in [0.05, 0.1) is 11.0 Å². The molecule has 3 aromatic heterocycles. The van der Waals surface area contributed by atoms with Crippen molar-refractivity contribution in [3.05, 3.63) is 194 Å².